The minimum absolute atomic E-state index is 0.0409. The third-order valence-corrected chi connectivity index (χ3v) is 10.5. The number of nitrogens with zero attached hydrogens (tertiary/aromatic N) is 4. The topological polar surface area (TPSA) is 131 Å². The summed E-state index contributed by atoms with van der Waals surface area (Å²) in [7, 11) is 0. The molecule has 14 heteroatoms. The van der Waals surface area contributed by atoms with Crippen molar-refractivity contribution in [2.75, 3.05) is 44.2 Å². The van der Waals surface area contributed by atoms with E-state index in [1.807, 2.05) is 49.3 Å². The summed E-state index contributed by atoms with van der Waals surface area (Å²) in [5.41, 5.74) is 3.71. The third kappa shape index (κ3) is 8.88. The number of carbonyl (C=O) groups excluding carboxylic acids is 2. The summed E-state index contributed by atoms with van der Waals surface area (Å²) in [6.45, 7) is 9.74. The second-order valence-corrected chi connectivity index (χ2v) is 15.0. The first-order valence-corrected chi connectivity index (χ1v) is 18.0. The standard InChI is InChI=1S/C36H46N6O3.C2HF3O2/c1-35(2,34(44)41-24-36(25-41)14-16-37-17-15-36)45-32-7-3-6-31(19-32)40-18-4-5-28(23-40)33(43)42(30-12-13-30)22-26-8-10-27(11-9-26)29-20-38-39-21-29;3-2(4,5)1(6)7/h3,6-11,19-21,28,30,37H,4-5,12-18,22-25H2,1-2H3,(H,38,39);(H,6,7)/t28-;/m1./s1. The van der Waals surface area contributed by atoms with E-state index in [4.69, 9.17) is 14.6 Å². The van der Waals surface area contributed by atoms with E-state index in [0.717, 1.165) is 93.6 Å². The van der Waals surface area contributed by atoms with Gasteiger partial charge in [0.15, 0.2) is 5.60 Å². The van der Waals surface area contributed by atoms with Crippen LogP contribution in [0.3, 0.4) is 0 Å². The lowest BCUT2D eigenvalue weighted by molar-refractivity contribution is -0.192. The molecule has 3 N–H and O–H groups in total. The van der Waals surface area contributed by atoms with E-state index >= 15 is 0 Å². The SMILES string of the molecule is CC(C)(Oc1cccc(N2CCC[C@@H](C(=O)N(Cc3ccc(-c4cn[nH]c4)cc3)C3CC3)C2)c1)C(=O)N1CC2(CCNCC2)C1.O=C(O)C(F)(F)F. The number of H-pyrrole nitrogens is 1. The molecule has 52 heavy (non-hydrogen) atoms. The number of hydrogen-bond acceptors (Lipinski definition) is 7. The van der Waals surface area contributed by atoms with Crippen molar-refractivity contribution in [3.8, 4) is 16.9 Å². The Morgan fingerprint density at radius 2 is 1.71 bits per heavy atom. The van der Waals surface area contributed by atoms with Crippen molar-refractivity contribution in [1.82, 2.24) is 25.3 Å². The number of piperidine rings is 2. The minimum Gasteiger partial charge on any atom is -0.478 e. The molecule has 4 aliphatic rings. The highest BCUT2D eigenvalue weighted by Gasteiger charge is 2.49. The Morgan fingerprint density at radius 3 is 2.33 bits per heavy atom. The van der Waals surface area contributed by atoms with Gasteiger partial charge in [-0.2, -0.15) is 18.3 Å². The molecule has 7 rings (SSSR count). The van der Waals surface area contributed by atoms with Crippen LogP contribution in [0.1, 0.15) is 57.9 Å². The number of carboxylic acid groups (broad SMARTS) is 1. The number of aliphatic carboxylic acids is 1. The number of carbonyl (C=O) groups is 3. The molecule has 280 valence electrons. The van der Waals surface area contributed by atoms with E-state index in [2.05, 4.69) is 55.6 Å². The number of nitrogens with one attached hydrogen (secondary N) is 2. The largest absolute Gasteiger partial charge is 0.490 e. The van der Waals surface area contributed by atoms with Crippen molar-refractivity contribution in [2.45, 2.75) is 76.7 Å². The molecule has 3 aliphatic heterocycles. The molecule has 0 unspecified atom stereocenters. The number of halogens is 3. The van der Waals surface area contributed by atoms with Crippen LogP contribution in [0, 0.1) is 11.3 Å². The fraction of sp³-hybridized carbons (Fsp3) is 0.526. The summed E-state index contributed by atoms with van der Waals surface area (Å²) >= 11 is 0. The highest BCUT2D eigenvalue weighted by Crippen LogP contribution is 2.40. The zero-order chi connectivity index (χ0) is 37.1. The molecule has 1 atom stereocenters. The van der Waals surface area contributed by atoms with Crippen LogP contribution >= 0.6 is 0 Å². The predicted octanol–water partition coefficient (Wildman–Crippen LogP) is 5.49. The van der Waals surface area contributed by atoms with E-state index in [0.29, 0.717) is 30.3 Å². The normalized spacial score (nSPS) is 20.0. The molecule has 4 fully saturated rings. The number of hydrogen-bond donors (Lipinski definition) is 3. The van der Waals surface area contributed by atoms with Crippen molar-refractivity contribution in [3.05, 3.63) is 66.5 Å². The Bertz CT molecular complexity index is 1700. The summed E-state index contributed by atoms with van der Waals surface area (Å²) < 4.78 is 38.1. The van der Waals surface area contributed by atoms with E-state index in [9.17, 15) is 22.8 Å². The molecule has 1 spiro atoms. The first kappa shape index (κ1) is 37.2. The molecule has 3 saturated heterocycles. The Hall–Kier alpha value is -4.59. The lowest BCUT2D eigenvalue weighted by Crippen LogP contribution is -2.65. The van der Waals surface area contributed by atoms with E-state index in [1.54, 1.807) is 0 Å². The second kappa shape index (κ2) is 15.2. The number of carboxylic acids is 1. The first-order valence-electron chi connectivity index (χ1n) is 18.0. The van der Waals surface area contributed by atoms with Crippen LogP contribution in [0.4, 0.5) is 18.9 Å². The number of aromatic amines is 1. The summed E-state index contributed by atoms with van der Waals surface area (Å²) in [6.07, 6.45) is 4.94. The summed E-state index contributed by atoms with van der Waals surface area (Å²) in [5.74, 6) is -1.79. The number of benzene rings is 2. The maximum Gasteiger partial charge on any atom is 0.490 e. The number of ether oxygens (including phenoxy) is 1. The summed E-state index contributed by atoms with van der Waals surface area (Å²) in [6, 6.07) is 16.9. The maximum absolute atomic E-state index is 14.0. The smallest absolute Gasteiger partial charge is 0.478 e. The number of anilines is 1. The van der Waals surface area contributed by atoms with Crippen LogP contribution < -0.4 is 15.0 Å². The Kier molecular flexibility index (Phi) is 10.8. The van der Waals surface area contributed by atoms with Gasteiger partial charge in [-0.15, -0.1) is 0 Å². The van der Waals surface area contributed by atoms with Crippen molar-refractivity contribution in [2.24, 2.45) is 11.3 Å². The van der Waals surface area contributed by atoms with E-state index in [-0.39, 0.29) is 17.7 Å². The molecule has 0 radical (unpaired) electrons. The number of likely N-dealkylation sites (tertiary alicyclic amines) is 1. The lowest BCUT2D eigenvalue weighted by atomic mass is 9.72. The third-order valence-electron chi connectivity index (χ3n) is 10.5. The van der Waals surface area contributed by atoms with Crippen LogP contribution in [0.5, 0.6) is 5.75 Å². The van der Waals surface area contributed by atoms with Gasteiger partial charge >= 0.3 is 12.1 Å². The van der Waals surface area contributed by atoms with Crippen molar-refractivity contribution < 1.29 is 37.4 Å². The van der Waals surface area contributed by atoms with Crippen LogP contribution in [0.15, 0.2) is 60.9 Å². The summed E-state index contributed by atoms with van der Waals surface area (Å²) in [4.78, 5) is 42.7. The van der Waals surface area contributed by atoms with Crippen LogP contribution in [-0.2, 0) is 20.9 Å². The zero-order valence-electron chi connectivity index (χ0n) is 29.6. The molecular formula is C38H47F3N6O5. The first-order chi connectivity index (χ1) is 24.7. The van der Waals surface area contributed by atoms with E-state index in [1.165, 1.54) is 0 Å². The van der Waals surface area contributed by atoms with Gasteiger partial charge in [0.25, 0.3) is 5.91 Å². The molecule has 11 nitrogen and oxygen atoms in total. The van der Waals surface area contributed by atoms with E-state index < -0.39 is 17.7 Å². The molecule has 1 aromatic heterocycles. The Morgan fingerprint density at radius 1 is 1.02 bits per heavy atom. The number of rotatable bonds is 9. The van der Waals surface area contributed by atoms with Crippen molar-refractivity contribution >= 4 is 23.5 Å². The molecule has 1 aliphatic carbocycles. The monoisotopic (exact) mass is 724 g/mol. The van der Waals surface area contributed by atoms with Crippen molar-refractivity contribution in [3.63, 3.8) is 0 Å². The molecule has 0 bridgehead atoms. The van der Waals surface area contributed by atoms with Gasteiger partial charge in [-0.05, 0) is 88.7 Å². The Labute approximate surface area is 301 Å². The number of alkyl halides is 3. The predicted molar refractivity (Wildman–Crippen MR) is 188 cm³/mol. The Balaban J connectivity index is 0.000000604. The zero-order valence-corrected chi connectivity index (χ0v) is 29.6. The maximum atomic E-state index is 14.0. The van der Waals surface area contributed by atoms with Crippen LogP contribution in [0.2, 0.25) is 0 Å². The average Bonchev–Trinajstić information content (AvgIpc) is 3.81. The van der Waals surface area contributed by atoms with Gasteiger partial charge in [-0.1, -0.05) is 30.3 Å². The number of amides is 2. The van der Waals surface area contributed by atoms with Gasteiger partial charge < -0.3 is 29.9 Å². The second-order valence-electron chi connectivity index (χ2n) is 15.0. The average molecular weight is 725 g/mol. The molecular weight excluding hydrogens is 677 g/mol. The van der Waals surface area contributed by atoms with Crippen molar-refractivity contribution in [1.29, 1.82) is 0 Å². The van der Waals surface area contributed by atoms with Gasteiger partial charge in [-0.3, -0.25) is 14.7 Å². The van der Waals surface area contributed by atoms with Gasteiger partial charge in [0, 0.05) is 67.7 Å². The highest BCUT2D eigenvalue weighted by molar-refractivity contribution is 5.86. The molecule has 2 aromatic carbocycles. The highest BCUT2D eigenvalue weighted by atomic mass is 19.4. The minimum atomic E-state index is -5.08. The molecule has 3 aromatic rings. The van der Waals surface area contributed by atoms with Gasteiger partial charge in [0.1, 0.15) is 5.75 Å². The molecule has 2 amide bonds. The fourth-order valence-electron chi connectivity index (χ4n) is 7.47. The molecule has 4 heterocycles. The molecule has 1 saturated carbocycles. The van der Waals surface area contributed by atoms with Crippen LogP contribution in [0.25, 0.3) is 11.1 Å². The van der Waals surface area contributed by atoms with Gasteiger partial charge in [0.05, 0.1) is 12.1 Å². The van der Waals surface area contributed by atoms with Gasteiger partial charge in [0.2, 0.25) is 5.91 Å². The quantitative estimate of drug-likeness (QED) is 0.264. The van der Waals surface area contributed by atoms with Gasteiger partial charge in [-0.25, -0.2) is 4.79 Å². The number of aromatic nitrogens is 2. The van der Waals surface area contributed by atoms with Crippen LogP contribution in [-0.4, -0.2) is 100.0 Å². The lowest BCUT2D eigenvalue weighted by Gasteiger charge is -2.53. The summed E-state index contributed by atoms with van der Waals surface area (Å²) in [5, 5.41) is 17.5. The fourth-order valence-corrected chi connectivity index (χ4v) is 7.47.